The zero-order chi connectivity index (χ0) is 17.6. The summed E-state index contributed by atoms with van der Waals surface area (Å²) in [4.78, 5) is 0.0848. The fourth-order valence-electron chi connectivity index (χ4n) is 2.94. The lowest BCUT2D eigenvalue weighted by atomic mass is 10.00. The molecular formula is C18H16O6S. The number of methoxy groups -OCH3 is 1. The van der Waals surface area contributed by atoms with Crippen molar-refractivity contribution < 1.29 is 26.8 Å². The first-order valence-corrected chi connectivity index (χ1v) is 9.10. The molecule has 0 aliphatic carbocycles. The molecule has 2 atom stereocenters. The Morgan fingerprint density at radius 3 is 2.60 bits per heavy atom. The standard InChI is InChI=1S/C18H16O6S/c1-11-3-5-13(6-4-11)25(19,20)24-12-9-15(21-2)17-14-7-8-22-18(14)23-16(17)10-12/h3-10,14,18H,1-2H3/t14-,18+/m0/s1. The van der Waals surface area contributed by atoms with Crippen LogP contribution in [0, 0.1) is 6.92 Å². The summed E-state index contributed by atoms with van der Waals surface area (Å²) < 4.78 is 46.7. The van der Waals surface area contributed by atoms with Crippen molar-refractivity contribution in [2.24, 2.45) is 0 Å². The number of ether oxygens (including phenoxy) is 3. The minimum atomic E-state index is -3.95. The fraction of sp³-hybridized carbons (Fsp3) is 0.222. The van der Waals surface area contributed by atoms with E-state index in [0.29, 0.717) is 11.5 Å². The van der Waals surface area contributed by atoms with E-state index in [1.165, 1.54) is 19.2 Å². The molecule has 0 aromatic heterocycles. The van der Waals surface area contributed by atoms with Crippen LogP contribution in [0.1, 0.15) is 17.0 Å². The van der Waals surface area contributed by atoms with E-state index in [9.17, 15) is 8.42 Å². The summed E-state index contributed by atoms with van der Waals surface area (Å²) in [5.41, 5.74) is 1.78. The highest BCUT2D eigenvalue weighted by Gasteiger charge is 2.40. The van der Waals surface area contributed by atoms with Crippen molar-refractivity contribution in [1.29, 1.82) is 0 Å². The Kier molecular flexibility index (Phi) is 3.61. The van der Waals surface area contributed by atoms with Crippen LogP contribution in [0.4, 0.5) is 0 Å². The van der Waals surface area contributed by atoms with Crippen LogP contribution >= 0.6 is 0 Å². The fourth-order valence-corrected chi connectivity index (χ4v) is 3.86. The van der Waals surface area contributed by atoms with Gasteiger partial charge in [0.05, 0.1) is 24.9 Å². The molecule has 0 saturated carbocycles. The third kappa shape index (κ3) is 2.70. The number of benzene rings is 2. The van der Waals surface area contributed by atoms with Crippen LogP contribution in [-0.4, -0.2) is 21.8 Å². The summed E-state index contributed by atoms with van der Waals surface area (Å²) >= 11 is 0. The maximum Gasteiger partial charge on any atom is 0.339 e. The van der Waals surface area contributed by atoms with E-state index in [2.05, 4.69) is 0 Å². The molecule has 2 aliphatic heterocycles. The molecule has 7 heteroatoms. The molecule has 130 valence electrons. The van der Waals surface area contributed by atoms with Crippen molar-refractivity contribution in [2.75, 3.05) is 7.11 Å². The van der Waals surface area contributed by atoms with Gasteiger partial charge in [-0.15, -0.1) is 0 Å². The van der Waals surface area contributed by atoms with Gasteiger partial charge in [0.15, 0.2) is 0 Å². The maximum atomic E-state index is 12.5. The number of aryl methyl sites for hydroxylation is 1. The molecule has 0 radical (unpaired) electrons. The van der Waals surface area contributed by atoms with Gasteiger partial charge in [-0.1, -0.05) is 17.7 Å². The third-order valence-corrected chi connectivity index (χ3v) is 5.44. The zero-order valence-corrected chi connectivity index (χ0v) is 14.4. The van der Waals surface area contributed by atoms with Crippen LogP contribution in [0.3, 0.4) is 0 Å². The van der Waals surface area contributed by atoms with E-state index < -0.39 is 16.4 Å². The van der Waals surface area contributed by atoms with Crippen LogP contribution in [-0.2, 0) is 14.9 Å². The first-order chi connectivity index (χ1) is 12.0. The lowest BCUT2D eigenvalue weighted by Crippen LogP contribution is -2.14. The molecule has 25 heavy (non-hydrogen) atoms. The number of fused-ring (bicyclic) bond motifs is 3. The molecule has 0 unspecified atom stereocenters. The van der Waals surface area contributed by atoms with E-state index in [0.717, 1.165) is 11.1 Å². The van der Waals surface area contributed by atoms with Gasteiger partial charge in [-0.2, -0.15) is 8.42 Å². The van der Waals surface area contributed by atoms with Gasteiger partial charge in [0.25, 0.3) is 6.29 Å². The summed E-state index contributed by atoms with van der Waals surface area (Å²) in [5, 5.41) is 0. The van der Waals surface area contributed by atoms with Gasteiger partial charge in [0, 0.05) is 12.1 Å². The second kappa shape index (κ2) is 5.70. The van der Waals surface area contributed by atoms with E-state index >= 15 is 0 Å². The van der Waals surface area contributed by atoms with Gasteiger partial charge in [0.1, 0.15) is 22.1 Å². The van der Waals surface area contributed by atoms with Gasteiger partial charge in [-0.05, 0) is 25.1 Å². The number of hydrogen-bond acceptors (Lipinski definition) is 6. The Hall–Kier alpha value is -2.67. The van der Waals surface area contributed by atoms with Crippen molar-refractivity contribution in [3.05, 3.63) is 59.9 Å². The topological polar surface area (TPSA) is 71.1 Å². The van der Waals surface area contributed by atoms with Crippen LogP contribution in [0.25, 0.3) is 0 Å². The molecule has 4 rings (SSSR count). The van der Waals surface area contributed by atoms with Crippen molar-refractivity contribution in [2.45, 2.75) is 24.0 Å². The van der Waals surface area contributed by atoms with Crippen molar-refractivity contribution in [3.8, 4) is 17.2 Å². The second-order valence-corrected chi connectivity index (χ2v) is 7.41. The first kappa shape index (κ1) is 15.8. The lowest BCUT2D eigenvalue weighted by molar-refractivity contribution is -0.00487. The quantitative estimate of drug-likeness (QED) is 0.780. The molecule has 0 spiro atoms. The summed E-state index contributed by atoms with van der Waals surface area (Å²) in [6.45, 7) is 1.88. The first-order valence-electron chi connectivity index (χ1n) is 7.70. The minimum absolute atomic E-state index is 0.0762. The minimum Gasteiger partial charge on any atom is -0.496 e. The highest BCUT2D eigenvalue weighted by atomic mass is 32.2. The van der Waals surface area contributed by atoms with Crippen molar-refractivity contribution in [1.82, 2.24) is 0 Å². The summed E-state index contributed by atoms with van der Waals surface area (Å²) in [7, 11) is -2.43. The van der Waals surface area contributed by atoms with Gasteiger partial charge >= 0.3 is 10.1 Å². The Labute approximate surface area is 145 Å². The molecule has 2 aliphatic rings. The number of rotatable bonds is 4. The average Bonchev–Trinajstić information content (AvgIpc) is 3.14. The smallest absolute Gasteiger partial charge is 0.339 e. The average molecular weight is 360 g/mol. The van der Waals surface area contributed by atoms with Crippen LogP contribution in [0.5, 0.6) is 17.2 Å². The summed E-state index contributed by atoms with van der Waals surface area (Å²) in [6, 6.07) is 9.53. The van der Waals surface area contributed by atoms with Crippen molar-refractivity contribution >= 4 is 10.1 Å². The Morgan fingerprint density at radius 1 is 1.12 bits per heavy atom. The molecule has 0 N–H and O–H groups in total. The molecule has 0 fully saturated rings. The van der Waals surface area contributed by atoms with E-state index in [1.54, 1.807) is 30.5 Å². The van der Waals surface area contributed by atoms with Gasteiger partial charge in [0.2, 0.25) is 0 Å². The predicted octanol–water partition coefficient (Wildman–Crippen LogP) is 3.12. The molecule has 2 heterocycles. The molecule has 6 nitrogen and oxygen atoms in total. The molecule has 2 aromatic rings. The van der Waals surface area contributed by atoms with Crippen LogP contribution in [0.2, 0.25) is 0 Å². The summed E-state index contributed by atoms with van der Waals surface area (Å²) in [5.74, 6) is 1.04. The normalized spacial score (nSPS) is 20.4. The predicted molar refractivity (Wildman–Crippen MR) is 89.4 cm³/mol. The third-order valence-electron chi connectivity index (χ3n) is 4.18. The van der Waals surface area contributed by atoms with Gasteiger partial charge in [-0.25, -0.2) is 0 Å². The molecule has 0 amide bonds. The van der Waals surface area contributed by atoms with E-state index in [-0.39, 0.29) is 16.6 Å². The van der Waals surface area contributed by atoms with E-state index in [4.69, 9.17) is 18.4 Å². The lowest BCUT2D eigenvalue weighted by Gasteiger charge is -2.12. The monoisotopic (exact) mass is 360 g/mol. The highest BCUT2D eigenvalue weighted by molar-refractivity contribution is 7.87. The Bertz CT molecular complexity index is 946. The van der Waals surface area contributed by atoms with Crippen LogP contribution < -0.4 is 13.7 Å². The second-order valence-electron chi connectivity index (χ2n) is 5.86. The largest absolute Gasteiger partial charge is 0.496 e. The zero-order valence-electron chi connectivity index (χ0n) is 13.6. The molecular weight excluding hydrogens is 344 g/mol. The Morgan fingerprint density at radius 2 is 1.88 bits per heavy atom. The molecule has 0 saturated heterocycles. The SMILES string of the molecule is COc1cc(OS(=O)(=O)c2ccc(C)cc2)cc2c1[C@@H]1C=CO[C@@H]1O2. The van der Waals surface area contributed by atoms with Crippen molar-refractivity contribution in [3.63, 3.8) is 0 Å². The van der Waals surface area contributed by atoms with Crippen LogP contribution in [0.15, 0.2) is 53.6 Å². The Balaban J connectivity index is 1.69. The summed E-state index contributed by atoms with van der Waals surface area (Å²) in [6.07, 6.45) is 3.01. The van der Waals surface area contributed by atoms with E-state index in [1.807, 2.05) is 13.0 Å². The highest BCUT2D eigenvalue weighted by Crippen LogP contribution is 2.49. The molecule has 2 aromatic carbocycles. The molecule has 0 bridgehead atoms. The number of hydrogen-bond donors (Lipinski definition) is 0. The maximum absolute atomic E-state index is 12.5. The van der Waals surface area contributed by atoms with Gasteiger partial charge in [-0.3, -0.25) is 0 Å². The van der Waals surface area contributed by atoms with Gasteiger partial charge < -0.3 is 18.4 Å².